The summed E-state index contributed by atoms with van der Waals surface area (Å²) in [5.41, 5.74) is 7.18. The number of nitrogens with two attached hydrogens (primary N) is 1. The van der Waals surface area contributed by atoms with Crippen molar-refractivity contribution in [1.29, 1.82) is 0 Å². The zero-order valence-electron chi connectivity index (χ0n) is 12.6. The molecule has 2 N–H and O–H groups in total. The Morgan fingerprint density at radius 2 is 1.95 bits per heavy atom. The van der Waals surface area contributed by atoms with Crippen LogP contribution in [0.4, 0.5) is 5.13 Å². The molecular weight excluding hydrogens is 316 g/mol. The van der Waals surface area contributed by atoms with Crippen molar-refractivity contribution < 1.29 is 0 Å². The number of piperidine rings is 1. The molecule has 0 unspecified atom stereocenters. The summed E-state index contributed by atoms with van der Waals surface area (Å²) in [5.74, 6) is 0. The molecule has 4 rings (SSSR count). The molecule has 0 aliphatic carbocycles. The summed E-state index contributed by atoms with van der Waals surface area (Å²) in [6.45, 7) is 6.05. The Hall–Kier alpha value is -1.51. The first-order valence-corrected chi connectivity index (χ1v) is 8.96. The molecule has 0 bridgehead atoms. The third kappa shape index (κ3) is 2.41. The molecule has 0 aromatic carbocycles. The molecule has 1 aliphatic rings. The van der Waals surface area contributed by atoms with Gasteiger partial charge in [-0.05, 0) is 26.7 Å². The molecule has 0 spiro atoms. The van der Waals surface area contributed by atoms with E-state index in [1.807, 2.05) is 23.8 Å². The second kappa shape index (κ2) is 5.00. The highest BCUT2D eigenvalue weighted by Gasteiger charge is 2.28. The lowest BCUT2D eigenvalue weighted by atomic mass is 9.91. The first kappa shape index (κ1) is 14.1. The molecule has 116 valence electrons. The molecule has 6 nitrogen and oxygen atoms in total. The minimum absolute atomic E-state index is 0.0424. The summed E-state index contributed by atoms with van der Waals surface area (Å²) in [4.78, 5) is 13.2. The van der Waals surface area contributed by atoms with E-state index >= 15 is 0 Å². The lowest BCUT2D eigenvalue weighted by Crippen LogP contribution is -2.48. The number of hydrogen-bond donors (Lipinski definition) is 1. The van der Waals surface area contributed by atoms with Crippen molar-refractivity contribution in [1.82, 2.24) is 19.6 Å². The van der Waals surface area contributed by atoms with Gasteiger partial charge in [-0.2, -0.15) is 0 Å². The first-order valence-electron chi connectivity index (χ1n) is 7.33. The molecule has 1 fully saturated rings. The van der Waals surface area contributed by atoms with E-state index in [0.717, 1.165) is 51.6 Å². The monoisotopic (exact) mass is 334 g/mol. The number of aromatic nitrogens is 4. The van der Waals surface area contributed by atoms with Crippen molar-refractivity contribution in [2.75, 3.05) is 18.0 Å². The highest BCUT2D eigenvalue weighted by Crippen LogP contribution is 2.32. The average molecular weight is 334 g/mol. The summed E-state index contributed by atoms with van der Waals surface area (Å²) < 4.78 is 1.93. The van der Waals surface area contributed by atoms with E-state index in [2.05, 4.69) is 21.8 Å². The van der Waals surface area contributed by atoms with Gasteiger partial charge in [-0.1, -0.05) is 11.3 Å². The molecular formula is C14H18N6S2. The van der Waals surface area contributed by atoms with Gasteiger partial charge >= 0.3 is 0 Å². The van der Waals surface area contributed by atoms with Crippen LogP contribution in [0.5, 0.6) is 0 Å². The lowest BCUT2D eigenvalue weighted by Gasteiger charge is -2.36. The molecule has 0 radical (unpaired) electrons. The van der Waals surface area contributed by atoms with Crippen LogP contribution in [0.15, 0.2) is 12.4 Å². The highest BCUT2D eigenvalue weighted by atomic mass is 32.1. The van der Waals surface area contributed by atoms with Crippen LogP contribution < -0.4 is 10.6 Å². The van der Waals surface area contributed by atoms with Crippen molar-refractivity contribution in [3.63, 3.8) is 0 Å². The molecule has 0 saturated carbocycles. The second-order valence-electron chi connectivity index (χ2n) is 6.11. The smallest absolute Gasteiger partial charge is 0.214 e. The normalized spacial score (nSPS) is 18.2. The quantitative estimate of drug-likeness (QED) is 0.780. The first-order chi connectivity index (χ1) is 10.5. The van der Waals surface area contributed by atoms with E-state index in [1.165, 1.54) is 0 Å². The van der Waals surface area contributed by atoms with Gasteiger partial charge < -0.3 is 10.6 Å². The van der Waals surface area contributed by atoms with E-state index in [1.54, 1.807) is 22.7 Å². The van der Waals surface area contributed by atoms with Gasteiger partial charge in [-0.15, -0.1) is 16.4 Å². The molecule has 3 aromatic rings. The number of thiazole rings is 1. The van der Waals surface area contributed by atoms with Gasteiger partial charge in [0.05, 0.1) is 16.1 Å². The van der Waals surface area contributed by atoms with Gasteiger partial charge in [0.1, 0.15) is 5.69 Å². The Balaban J connectivity index is 1.66. The molecule has 3 aromatic heterocycles. The van der Waals surface area contributed by atoms with Gasteiger partial charge in [0.25, 0.3) is 0 Å². The van der Waals surface area contributed by atoms with Gasteiger partial charge in [0, 0.05) is 24.8 Å². The highest BCUT2D eigenvalue weighted by molar-refractivity contribution is 7.20. The van der Waals surface area contributed by atoms with Crippen molar-refractivity contribution in [3.05, 3.63) is 17.4 Å². The van der Waals surface area contributed by atoms with Crippen LogP contribution in [-0.4, -0.2) is 38.2 Å². The number of hydrogen-bond acceptors (Lipinski definition) is 7. The summed E-state index contributed by atoms with van der Waals surface area (Å²) in [7, 11) is 0. The van der Waals surface area contributed by atoms with Gasteiger partial charge in [0.2, 0.25) is 10.1 Å². The Morgan fingerprint density at radius 1 is 1.18 bits per heavy atom. The van der Waals surface area contributed by atoms with Crippen molar-refractivity contribution in [2.45, 2.75) is 32.2 Å². The standard InChI is InChI=1S/C14H18N6S2/c1-9-16-8-11(21-9)10-7-17-12-20(10)18-13(22-12)19-5-3-14(2,15)4-6-19/h7-8H,3-6,15H2,1-2H3. The fourth-order valence-electron chi connectivity index (χ4n) is 2.67. The van der Waals surface area contributed by atoms with Gasteiger partial charge in [-0.25, -0.2) is 14.5 Å². The van der Waals surface area contributed by atoms with Crippen LogP contribution in [0.3, 0.4) is 0 Å². The minimum Gasteiger partial charge on any atom is -0.347 e. The number of aryl methyl sites for hydroxylation is 1. The second-order valence-corrected chi connectivity index (χ2v) is 8.28. The van der Waals surface area contributed by atoms with Crippen LogP contribution >= 0.6 is 22.7 Å². The van der Waals surface area contributed by atoms with Crippen LogP contribution in [-0.2, 0) is 0 Å². The van der Waals surface area contributed by atoms with Crippen molar-refractivity contribution in [2.24, 2.45) is 5.73 Å². The van der Waals surface area contributed by atoms with E-state index in [0.29, 0.717) is 0 Å². The van der Waals surface area contributed by atoms with E-state index in [-0.39, 0.29) is 5.54 Å². The summed E-state index contributed by atoms with van der Waals surface area (Å²) in [5, 5.41) is 6.85. The summed E-state index contributed by atoms with van der Waals surface area (Å²) in [6.07, 6.45) is 5.76. The Labute approximate surface area is 136 Å². The number of imidazole rings is 1. The molecule has 22 heavy (non-hydrogen) atoms. The van der Waals surface area contributed by atoms with Crippen LogP contribution in [0.1, 0.15) is 24.8 Å². The number of rotatable bonds is 2. The number of anilines is 1. The minimum atomic E-state index is -0.0424. The lowest BCUT2D eigenvalue weighted by molar-refractivity contribution is 0.363. The van der Waals surface area contributed by atoms with E-state index in [4.69, 9.17) is 10.8 Å². The third-order valence-electron chi connectivity index (χ3n) is 4.12. The fraction of sp³-hybridized carbons (Fsp3) is 0.500. The van der Waals surface area contributed by atoms with Crippen molar-refractivity contribution >= 4 is 32.8 Å². The molecule has 1 aliphatic heterocycles. The molecule has 8 heteroatoms. The zero-order chi connectivity index (χ0) is 15.3. The summed E-state index contributed by atoms with van der Waals surface area (Å²) in [6, 6.07) is 0. The van der Waals surface area contributed by atoms with Crippen LogP contribution in [0.25, 0.3) is 15.5 Å². The topological polar surface area (TPSA) is 72.3 Å². The van der Waals surface area contributed by atoms with Crippen molar-refractivity contribution in [3.8, 4) is 10.6 Å². The molecule has 4 heterocycles. The zero-order valence-corrected chi connectivity index (χ0v) is 14.2. The third-order valence-corrected chi connectivity index (χ3v) is 6.04. The molecule has 0 amide bonds. The largest absolute Gasteiger partial charge is 0.347 e. The van der Waals surface area contributed by atoms with Crippen LogP contribution in [0, 0.1) is 6.92 Å². The van der Waals surface area contributed by atoms with Gasteiger partial charge in [0.15, 0.2) is 0 Å². The molecule has 0 atom stereocenters. The maximum Gasteiger partial charge on any atom is 0.214 e. The Kier molecular flexibility index (Phi) is 3.21. The Bertz CT molecular complexity index is 804. The SMILES string of the molecule is Cc1ncc(-c2cnc3sc(N4CCC(C)(N)CC4)nn23)s1. The van der Waals surface area contributed by atoms with Crippen LogP contribution in [0.2, 0.25) is 0 Å². The molecule has 1 saturated heterocycles. The fourth-order valence-corrected chi connectivity index (χ4v) is 4.37. The van der Waals surface area contributed by atoms with E-state index in [9.17, 15) is 0 Å². The Morgan fingerprint density at radius 3 is 2.64 bits per heavy atom. The van der Waals surface area contributed by atoms with Gasteiger partial charge in [-0.3, -0.25) is 0 Å². The summed E-state index contributed by atoms with van der Waals surface area (Å²) >= 11 is 3.30. The maximum atomic E-state index is 6.21. The number of nitrogens with zero attached hydrogens (tertiary/aromatic N) is 5. The maximum absolute atomic E-state index is 6.21. The predicted molar refractivity (Wildman–Crippen MR) is 90.7 cm³/mol. The predicted octanol–water partition coefficient (Wildman–Crippen LogP) is 2.54. The average Bonchev–Trinajstić information content (AvgIpc) is 3.13. The van der Waals surface area contributed by atoms with E-state index < -0.39 is 0 Å². The number of fused-ring (bicyclic) bond motifs is 1.